The van der Waals surface area contributed by atoms with E-state index in [2.05, 4.69) is 18.7 Å². The molecule has 0 radical (unpaired) electrons. The minimum Gasteiger partial charge on any atom is -0.482 e. The van der Waals surface area contributed by atoms with Crippen molar-refractivity contribution in [2.75, 3.05) is 24.6 Å². The predicted octanol–water partition coefficient (Wildman–Crippen LogP) is 3.89. The van der Waals surface area contributed by atoms with Crippen molar-refractivity contribution in [1.82, 2.24) is 0 Å². The number of carboxylic acids is 1. The van der Waals surface area contributed by atoms with E-state index in [9.17, 15) is 9.59 Å². The summed E-state index contributed by atoms with van der Waals surface area (Å²) in [5, 5.41) is 8.58. The van der Waals surface area contributed by atoms with Gasteiger partial charge in [0.25, 0.3) is 0 Å². The first-order valence-corrected chi connectivity index (χ1v) is 8.55. The SMILES string of the molecule is CCN(CC)c1ccc(/C=C/C(=O)c2ccc(OCC(=O)O)cc2)cc1. The highest BCUT2D eigenvalue weighted by Gasteiger charge is 2.04. The minimum absolute atomic E-state index is 0.123. The van der Waals surface area contributed by atoms with E-state index < -0.39 is 12.6 Å². The van der Waals surface area contributed by atoms with Gasteiger partial charge in [0.15, 0.2) is 12.4 Å². The van der Waals surface area contributed by atoms with E-state index in [0.29, 0.717) is 11.3 Å². The first-order chi connectivity index (χ1) is 12.5. The fraction of sp³-hybridized carbons (Fsp3) is 0.238. The van der Waals surface area contributed by atoms with Crippen LogP contribution in [0.3, 0.4) is 0 Å². The maximum absolute atomic E-state index is 12.2. The first kappa shape index (κ1) is 19.2. The maximum atomic E-state index is 12.2. The van der Waals surface area contributed by atoms with Gasteiger partial charge >= 0.3 is 5.97 Å². The molecule has 136 valence electrons. The molecule has 0 aliphatic heterocycles. The Bertz CT molecular complexity index is 760. The molecule has 5 heteroatoms. The lowest BCUT2D eigenvalue weighted by Gasteiger charge is -2.20. The van der Waals surface area contributed by atoms with Gasteiger partial charge in [0.05, 0.1) is 0 Å². The average molecular weight is 353 g/mol. The van der Waals surface area contributed by atoms with E-state index >= 15 is 0 Å². The fourth-order valence-electron chi connectivity index (χ4n) is 2.51. The highest BCUT2D eigenvalue weighted by molar-refractivity contribution is 6.06. The molecule has 26 heavy (non-hydrogen) atoms. The number of benzene rings is 2. The highest BCUT2D eigenvalue weighted by Crippen LogP contribution is 2.17. The summed E-state index contributed by atoms with van der Waals surface area (Å²) in [6.07, 6.45) is 3.31. The van der Waals surface area contributed by atoms with Crippen LogP contribution in [-0.4, -0.2) is 36.6 Å². The molecule has 5 nitrogen and oxygen atoms in total. The summed E-state index contributed by atoms with van der Waals surface area (Å²) in [6.45, 7) is 5.74. The predicted molar refractivity (Wildman–Crippen MR) is 103 cm³/mol. The van der Waals surface area contributed by atoms with Gasteiger partial charge in [-0.15, -0.1) is 0 Å². The van der Waals surface area contributed by atoms with Crippen molar-refractivity contribution in [3.63, 3.8) is 0 Å². The van der Waals surface area contributed by atoms with Gasteiger partial charge in [-0.1, -0.05) is 18.2 Å². The lowest BCUT2D eigenvalue weighted by Crippen LogP contribution is -2.21. The van der Waals surface area contributed by atoms with Crippen LogP contribution in [0.25, 0.3) is 6.08 Å². The van der Waals surface area contributed by atoms with Crippen molar-refractivity contribution in [2.24, 2.45) is 0 Å². The molecule has 0 spiro atoms. The number of allylic oxidation sites excluding steroid dienone is 1. The van der Waals surface area contributed by atoms with E-state index in [1.165, 1.54) is 6.08 Å². The molecule has 0 saturated heterocycles. The standard InChI is InChI=1S/C21H23NO4/c1-3-22(4-2)18-10-5-16(6-11-18)7-14-20(23)17-8-12-19(13-9-17)26-15-21(24)25/h5-14H,3-4,15H2,1-2H3,(H,24,25)/b14-7+. The van der Waals surface area contributed by atoms with Gasteiger partial charge in [-0.3, -0.25) is 4.79 Å². The van der Waals surface area contributed by atoms with Crippen LogP contribution in [0.5, 0.6) is 5.75 Å². The van der Waals surface area contributed by atoms with Gasteiger partial charge in [-0.25, -0.2) is 4.79 Å². The topological polar surface area (TPSA) is 66.8 Å². The zero-order valence-corrected chi connectivity index (χ0v) is 15.0. The number of anilines is 1. The molecule has 2 aromatic carbocycles. The van der Waals surface area contributed by atoms with Crippen molar-refractivity contribution in [3.05, 3.63) is 65.7 Å². The largest absolute Gasteiger partial charge is 0.482 e. The van der Waals surface area contributed by atoms with Gasteiger partial charge in [-0.05, 0) is 61.9 Å². The summed E-state index contributed by atoms with van der Waals surface area (Å²) in [5.74, 6) is -0.748. The van der Waals surface area contributed by atoms with Crippen LogP contribution in [0.15, 0.2) is 54.6 Å². The molecular weight excluding hydrogens is 330 g/mol. The van der Waals surface area contributed by atoms with Crippen LogP contribution in [0.4, 0.5) is 5.69 Å². The van der Waals surface area contributed by atoms with Gasteiger partial charge < -0.3 is 14.7 Å². The van der Waals surface area contributed by atoms with Crippen LogP contribution < -0.4 is 9.64 Å². The quantitative estimate of drug-likeness (QED) is 0.547. The van der Waals surface area contributed by atoms with Crippen LogP contribution in [0.1, 0.15) is 29.8 Å². The van der Waals surface area contributed by atoms with Crippen LogP contribution >= 0.6 is 0 Å². The minimum atomic E-state index is -1.04. The molecule has 1 N–H and O–H groups in total. The monoisotopic (exact) mass is 353 g/mol. The Kier molecular flexibility index (Phi) is 6.97. The summed E-state index contributed by atoms with van der Waals surface area (Å²) in [6, 6.07) is 14.5. The molecule has 0 saturated carbocycles. The Morgan fingerprint density at radius 2 is 1.62 bits per heavy atom. The lowest BCUT2D eigenvalue weighted by atomic mass is 10.1. The molecule has 0 heterocycles. The van der Waals surface area contributed by atoms with Crippen molar-refractivity contribution in [1.29, 1.82) is 0 Å². The molecule has 0 aromatic heterocycles. The lowest BCUT2D eigenvalue weighted by molar-refractivity contribution is -0.139. The molecule has 0 atom stereocenters. The molecule has 0 aliphatic rings. The number of carbonyl (C=O) groups is 2. The fourth-order valence-corrected chi connectivity index (χ4v) is 2.51. The summed E-state index contributed by atoms with van der Waals surface area (Å²) in [5.41, 5.74) is 2.63. The van der Waals surface area contributed by atoms with E-state index in [1.54, 1.807) is 30.3 Å². The number of ketones is 1. The number of rotatable bonds is 9. The zero-order chi connectivity index (χ0) is 18.9. The molecule has 2 rings (SSSR count). The molecule has 2 aromatic rings. The Hall–Kier alpha value is -3.08. The molecule has 0 aliphatic carbocycles. The van der Waals surface area contributed by atoms with Gasteiger partial charge in [0.2, 0.25) is 0 Å². The van der Waals surface area contributed by atoms with Gasteiger partial charge in [-0.2, -0.15) is 0 Å². The molecule has 0 unspecified atom stereocenters. The van der Waals surface area contributed by atoms with Crippen molar-refractivity contribution < 1.29 is 19.4 Å². The third kappa shape index (κ3) is 5.48. The second kappa shape index (κ2) is 9.42. The summed E-state index contributed by atoms with van der Waals surface area (Å²) < 4.78 is 5.05. The van der Waals surface area contributed by atoms with Crippen LogP contribution in [-0.2, 0) is 4.79 Å². The second-order valence-corrected chi connectivity index (χ2v) is 5.67. The van der Waals surface area contributed by atoms with Gasteiger partial charge in [0, 0.05) is 24.3 Å². The van der Waals surface area contributed by atoms with Crippen molar-refractivity contribution in [2.45, 2.75) is 13.8 Å². The number of carboxylic acid groups (broad SMARTS) is 1. The van der Waals surface area contributed by atoms with E-state index in [1.807, 2.05) is 24.3 Å². The van der Waals surface area contributed by atoms with E-state index in [-0.39, 0.29) is 5.78 Å². The number of ether oxygens (including phenoxy) is 1. The molecule has 0 bridgehead atoms. The van der Waals surface area contributed by atoms with E-state index in [4.69, 9.17) is 9.84 Å². The number of aliphatic carboxylic acids is 1. The van der Waals surface area contributed by atoms with Gasteiger partial charge in [0.1, 0.15) is 5.75 Å². The summed E-state index contributed by atoms with van der Waals surface area (Å²) >= 11 is 0. The second-order valence-electron chi connectivity index (χ2n) is 5.67. The smallest absolute Gasteiger partial charge is 0.341 e. The number of hydrogen-bond donors (Lipinski definition) is 1. The Labute approximate surface area is 153 Å². The molecular formula is C21H23NO4. The Morgan fingerprint density at radius 3 is 2.15 bits per heavy atom. The normalized spacial score (nSPS) is 10.7. The van der Waals surface area contributed by atoms with Crippen molar-refractivity contribution >= 4 is 23.5 Å². The van der Waals surface area contributed by atoms with Crippen LogP contribution in [0, 0.1) is 0 Å². The third-order valence-corrected chi connectivity index (χ3v) is 3.95. The van der Waals surface area contributed by atoms with Crippen LogP contribution in [0.2, 0.25) is 0 Å². The zero-order valence-electron chi connectivity index (χ0n) is 15.0. The summed E-state index contributed by atoms with van der Waals surface area (Å²) in [7, 11) is 0. The Morgan fingerprint density at radius 1 is 1.00 bits per heavy atom. The van der Waals surface area contributed by atoms with E-state index in [0.717, 1.165) is 24.3 Å². The average Bonchev–Trinajstić information content (AvgIpc) is 2.67. The number of carbonyl (C=O) groups excluding carboxylic acids is 1. The Balaban J connectivity index is 1.99. The first-order valence-electron chi connectivity index (χ1n) is 8.55. The molecule has 0 fully saturated rings. The highest BCUT2D eigenvalue weighted by atomic mass is 16.5. The maximum Gasteiger partial charge on any atom is 0.341 e. The molecule has 0 amide bonds. The third-order valence-electron chi connectivity index (χ3n) is 3.95. The summed E-state index contributed by atoms with van der Waals surface area (Å²) in [4.78, 5) is 25.0. The van der Waals surface area contributed by atoms with Crippen molar-refractivity contribution in [3.8, 4) is 5.75 Å². The number of hydrogen-bond acceptors (Lipinski definition) is 4. The number of nitrogens with zero attached hydrogens (tertiary/aromatic N) is 1.